The van der Waals surface area contributed by atoms with Crippen molar-refractivity contribution < 1.29 is 15.0 Å². The highest BCUT2D eigenvalue weighted by atomic mass is 16.3. The zero-order chi connectivity index (χ0) is 13.0. The lowest BCUT2D eigenvalue weighted by Gasteiger charge is -2.11. The molecular formula is C15H14O3. The van der Waals surface area contributed by atoms with Crippen LogP contribution in [0.25, 0.3) is 0 Å². The molecule has 0 aliphatic heterocycles. The molecule has 2 aromatic rings. The van der Waals surface area contributed by atoms with E-state index >= 15 is 0 Å². The topological polar surface area (TPSA) is 57.5 Å². The van der Waals surface area contributed by atoms with Gasteiger partial charge >= 0.3 is 0 Å². The van der Waals surface area contributed by atoms with Crippen molar-refractivity contribution in [1.82, 2.24) is 0 Å². The van der Waals surface area contributed by atoms with E-state index in [0.29, 0.717) is 6.42 Å². The molecule has 0 heterocycles. The molecule has 0 saturated carbocycles. The van der Waals surface area contributed by atoms with Crippen molar-refractivity contribution in [3.05, 3.63) is 59.7 Å². The van der Waals surface area contributed by atoms with E-state index in [0.717, 1.165) is 17.4 Å². The summed E-state index contributed by atoms with van der Waals surface area (Å²) >= 11 is 0. The summed E-state index contributed by atoms with van der Waals surface area (Å²) in [6.07, 6.45) is 1.48. The third-order valence-corrected chi connectivity index (χ3v) is 2.88. The Bertz CT molecular complexity index is 514. The van der Waals surface area contributed by atoms with E-state index in [9.17, 15) is 15.0 Å². The van der Waals surface area contributed by atoms with Gasteiger partial charge in [0.15, 0.2) is 0 Å². The van der Waals surface area contributed by atoms with Crippen LogP contribution in [-0.4, -0.2) is 16.5 Å². The van der Waals surface area contributed by atoms with Crippen LogP contribution in [0, 0.1) is 0 Å². The van der Waals surface area contributed by atoms with Gasteiger partial charge in [0.25, 0.3) is 0 Å². The maximum atomic E-state index is 11.1. The van der Waals surface area contributed by atoms with E-state index in [1.54, 1.807) is 48.5 Å². The quantitative estimate of drug-likeness (QED) is 0.810. The number of aromatic hydroxyl groups is 2. The van der Waals surface area contributed by atoms with Gasteiger partial charge in [-0.25, -0.2) is 0 Å². The summed E-state index contributed by atoms with van der Waals surface area (Å²) in [7, 11) is 0. The zero-order valence-corrected chi connectivity index (χ0v) is 9.78. The highest BCUT2D eigenvalue weighted by molar-refractivity contribution is 5.63. The van der Waals surface area contributed by atoms with Gasteiger partial charge in [-0.15, -0.1) is 0 Å². The van der Waals surface area contributed by atoms with Gasteiger partial charge < -0.3 is 15.0 Å². The Balaban J connectivity index is 2.16. The second kappa shape index (κ2) is 5.36. The Hall–Kier alpha value is -2.29. The van der Waals surface area contributed by atoms with Crippen LogP contribution in [0.1, 0.15) is 17.0 Å². The van der Waals surface area contributed by atoms with Gasteiger partial charge in [0.05, 0.1) is 0 Å². The number of carbonyl (C=O) groups is 1. The molecule has 0 amide bonds. The Morgan fingerprint density at radius 3 is 1.89 bits per heavy atom. The largest absolute Gasteiger partial charge is 0.508 e. The SMILES string of the molecule is O=CC(Cc1ccc(O)cc1)c1ccc(O)cc1. The van der Waals surface area contributed by atoms with E-state index in [1.807, 2.05) is 0 Å². The summed E-state index contributed by atoms with van der Waals surface area (Å²) in [6.45, 7) is 0. The van der Waals surface area contributed by atoms with E-state index in [1.165, 1.54) is 0 Å². The molecule has 2 N–H and O–H groups in total. The third-order valence-electron chi connectivity index (χ3n) is 2.88. The predicted molar refractivity (Wildman–Crippen MR) is 68.7 cm³/mol. The Morgan fingerprint density at radius 1 is 0.889 bits per heavy atom. The molecule has 1 atom stereocenters. The zero-order valence-electron chi connectivity index (χ0n) is 9.78. The minimum Gasteiger partial charge on any atom is -0.508 e. The van der Waals surface area contributed by atoms with Gasteiger partial charge in [-0.05, 0) is 41.8 Å². The molecule has 0 radical (unpaired) electrons. The van der Waals surface area contributed by atoms with Crippen molar-refractivity contribution in [2.45, 2.75) is 12.3 Å². The molecule has 0 fully saturated rings. The number of hydrogen-bond acceptors (Lipinski definition) is 3. The number of phenolic OH excluding ortho intramolecular Hbond substituents is 2. The number of benzene rings is 2. The van der Waals surface area contributed by atoms with Crippen molar-refractivity contribution in [1.29, 1.82) is 0 Å². The lowest BCUT2D eigenvalue weighted by molar-refractivity contribution is -0.109. The van der Waals surface area contributed by atoms with Crippen LogP contribution < -0.4 is 0 Å². The molecule has 0 aliphatic rings. The van der Waals surface area contributed by atoms with Crippen molar-refractivity contribution in [2.75, 3.05) is 0 Å². The molecule has 0 spiro atoms. The van der Waals surface area contributed by atoms with Gasteiger partial charge in [0, 0.05) is 5.92 Å². The number of rotatable bonds is 4. The van der Waals surface area contributed by atoms with Crippen molar-refractivity contribution in [3.63, 3.8) is 0 Å². The summed E-state index contributed by atoms with van der Waals surface area (Å²) in [5.74, 6) is 0.161. The Morgan fingerprint density at radius 2 is 1.39 bits per heavy atom. The first kappa shape index (κ1) is 12.2. The van der Waals surface area contributed by atoms with Crippen LogP contribution in [0.5, 0.6) is 11.5 Å². The minimum atomic E-state index is -0.241. The molecule has 1 unspecified atom stereocenters. The lowest BCUT2D eigenvalue weighted by Crippen LogP contribution is -2.04. The molecule has 18 heavy (non-hydrogen) atoms. The van der Waals surface area contributed by atoms with Crippen molar-refractivity contribution in [3.8, 4) is 11.5 Å². The van der Waals surface area contributed by atoms with E-state index in [-0.39, 0.29) is 17.4 Å². The van der Waals surface area contributed by atoms with E-state index in [4.69, 9.17) is 0 Å². The fourth-order valence-corrected chi connectivity index (χ4v) is 1.85. The van der Waals surface area contributed by atoms with Crippen LogP contribution in [0.4, 0.5) is 0 Å². The van der Waals surface area contributed by atoms with Gasteiger partial charge in [-0.1, -0.05) is 24.3 Å². The molecular weight excluding hydrogens is 228 g/mol. The van der Waals surface area contributed by atoms with Crippen LogP contribution in [0.3, 0.4) is 0 Å². The fourth-order valence-electron chi connectivity index (χ4n) is 1.85. The van der Waals surface area contributed by atoms with Crippen LogP contribution in [0.15, 0.2) is 48.5 Å². The van der Waals surface area contributed by atoms with E-state index in [2.05, 4.69) is 0 Å². The smallest absolute Gasteiger partial charge is 0.127 e. The second-order valence-corrected chi connectivity index (χ2v) is 4.20. The Kier molecular flexibility index (Phi) is 3.63. The van der Waals surface area contributed by atoms with Crippen LogP contribution in [-0.2, 0) is 11.2 Å². The number of hydrogen-bond donors (Lipinski definition) is 2. The summed E-state index contributed by atoms with van der Waals surface area (Å²) in [4.78, 5) is 11.1. The number of carbonyl (C=O) groups excluding carboxylic acids is 1. The molecule has 2 aromatic carbocycles. The highest BCUT2D eigenvalue weighted by Crippen LogP contribution is 2.22. The van der Waals surface area contributed by atoms with Crippen molar-refractivity contribution >= 4 is 6.29 Å². The summed E-state index contributed by atoms with van der Waals surface area (Å²) in [6, 6.07) is 13.4. The third kappa shape index (κ3) is 2.88. The van der Waals surface area contributed by atoms with Gasteiger partial charge in [-0.2, -0.15) is 0 Å². The first-order valence-corrected chi connectivity index (χ1v) is 5.71. The van der Waals surface area contributed by atoms with Crippen LogP contribution in [0.2, 0.25) is 0 Å². The average Bonchev–Trinajstić information content (AvgIpc) is 2.39. The van der Waals surface area contributed by atoms with E-state index < -0.39 is 0 Å². The minimum absolute atomic E-state index is 0.188. The fraction of sp³-hybridized carbons (Fsp3) is 0.133. The molecule has 0 aliphatic carbocycles. The first-order valence-electron chi connectivity index (χ1n) is 5.71. The molecule has 0 bridgehead atoms. The summed E-state index contributed by atoms with van der Waals surface area (Å²) in [5, 5.41) is 18.4. The average molecular weight is 242 g/mol. The summed E-state index contributed by atoms with van der Waals surface area (Å²) in [5.41, 5.74) is 1.86. The highest BCUT2D eigenvalue weighted by Gasteiger charge is 2.11. The van der Waals surface area contributed by atoms with Crippen LogP contribution >= 0.6 is 0 Å². The van der Waals surface area contributed by atoms with Gasteiger partial charge in [0.2, 0.25) is 0 Å². The first-order chi connectivity index (χ1) is 8.69. The molecule has 0 saturated heterocycles. The maximum absolute atomic E-state index is 11.1. The molecule has 2 rings (SSSR count). The number of phenols is 2. The second-order valence-electron chi connectivity index (χ2n) is 4.20. The van der Waals surface area contributed by atoms with Crippen molar-refractivity contribution in [2.24, 2.45) is 0 Å². The Labute approximate surface area is 105 Å². The lowest BCUT2D eigenvalue weighted by atomic mass is 9.93. The standard InChI is InChI=1S/C15H14O3/c16-10-13(12-3-7-15(18)8-4-12)9-11-1-5-14(17)6-2-11/h1-8,10,13,17-18H,9H2. The summed E-state index contributed by atoms with van der Waals surface area (Å²) < 4.78 is 0. The molecule has 0 aromatic heterocycles. The molecule has 92 valence electrons. The van der Waals surface area contributed by atoms with Gasteiger partial charge in [-0.3, -0.25) is 0 Å². The maximum Gasteiger partial charge on any atom is 0.127 e. The molecule has 3 heteroatoms. The molecule has 3 nitrogen and oxygen atoms in total. The number of aldehydes is 1. The predicted octanol–water partition coefficient (Wildman–Crippen LogP) is 2.62. The van der Waals surface area contributed by atoms with Gasteiger partial charge in [0.1, 0.15) is 17.8 Å². The normalized spacial score (nSPS) is 12.0. The monoisotopic (exact) mass is 242 g/mol.